The lowest BCUT2D eigenvalue weighted by molar-refractivity contribution is -0.121. The van der Waals surface area contributed by atoms with Gasteiger partial charge in [0, 0.05) is 42.0 Å². The highest BCUT2D eigenvalue weighted by Gasteiger charge is 2.27. The maximum atomic E-state index is 13.9. The van der Waals surface area contributed by atoms with Crippen LogP contribution in [-0.2, 0) is 11.3 Å². The molecule has 1 fully saturated rings. The van der Waals surface area contributed by atoms with Crippen LogP contribution in [0.25, 0.3) is 10.9 Å². The van der Waals surface area contributed by atoms with Crippen LogP contribution in [0.1, 0.15) is 43.2 Å². The van der Waals surface area contributed by atoms with Gasteiger partial charge in [0.25, 0.3) is 0 Å². The van der Waals surface area contributed by atoms with Gasteiger partial charge in [-0.3, -0.25) is 4.79 Å². The SMILES string of the molecule is CCn1cc(C(CC(=O)NC2CC2)c2cccc(F)c2)c2ccccc21. The average Bonchev–Trinajstić information content (AvgIpc) is 3.38. The van der Waals surface area contributed by atoms with E-state index in [1.807, 2.05) is 18.2 Å². The van der Waals surface area contributed by atoms with Gasteiger partial charge in [-0.2, -0.15) is 0 Å². The largest absolute Gasteiger partial charge is 0.353 e. The van der Waals surface area contributed by atoms with Crippen molar-refractivity contribution in [2.75, 3.05) is 0 Å². The molecule has 1 amide bonds. The Kier molecular flexibility index (Phi) is 4.49. The van der Waals surface area contributed by atoms with Crippen molar-refractivity contribution >= 4 is 16.8 Å². The zero-order valence-corrected chi connectivity index (χ0v) is 14.9. The fourth-order valence-electron chi connectivity index (χ4n) is 3.64. The Hall–Kier alpha value is -2.62. The van der Waals surface area contributed by atoms with Crippen molar-refractivity contribution in [3.8, 4) is 0 Å². The van der Waals surface area contributed by atoms with Crippen molar-refractivity contribution in [3.63, 3.8) is 0 Å². The summed E-state index contributed by atoms with van der Waals surface area (Å²) in [6.07, 6.45) is 4.57. The third-order valence-corrected chi connectivity index (χ3v) is 5.12. The smallest absolute Gasteiger partial charge is 0.221 e. The predicted octanol–water partition coefficient (Wildman–Crippen LogP) is 4.60. The first-order chi connectivity index (χ1) is 12.7. The quantitative estimate of drug-likeness (QED) is 0.692. The normalized spacial score (nSPS) is 15.2. The van der Waals surface area contributed by atoms with Crippen LogP contribution < -0.4 is 5.32 Å². The van der Waals surface area contributed by atoms with Gasteiger partial charge in [-0.25, -0.2) is 4.39 Å². The molecule has 4 rings (SSSR count). The van der Waals surface area contributed by atoms with E-state index in [0.717, 1.165) is 41.4 Å². The number of hydrogen-bond acceptors (Lipinski definition) is 1. The van der Waals surface area contributed by atoms with Gasteiger partial charge in [0.2, 0.25) is 5.91 Å². The fraction of sp³-hybridized carbons (Fsp3) is 0.318. The van der Waals surface area contributed by atoms with E-state index in [1.54, 1.807) is 12.1 Å². The number of carbonyl (C=O) groups excluding carboxylic acids is 1. The molecule has 26 heavy (non-hydrogen) atoms. The molecule has 1 aliphatic carbocycles. The fourth-order valence-corrected chi connectivity index (χ4v) is 3.64. The summed E-state index contributed by atoms with van der Waals surface area (Å²) in [5, 5.41) is 4.20. The summed E-state index contributed by atoms with van der Waals surface area (Å²) in [5.41, 5.74) is 3.07. The molecule has 1 saturated carbocycles. The number of carbonyl (C=O) groups is 1. The van der Waals surface area contributed by atoms with E-state index >= 15 is 0 Å². The number of amides is 1. The van der Waals surface area contributed by atoms with E-state index in [4.69, 9.17) is 0 Å². The van der Waals surface area contributed by atoms with Crippen molar-refractivity contribution in [3.05, 3.63) is 71.7 Å². The molecule has 134 valence electrons. The standard InChI is InChI=1S/C22H23FN2O/c1-2-25-14-20(18-8-3-4-9-21(18)25)19(13-22(26)24-17-10-11-17)15-6-5-7-16(23)12-15/h3-9,12,14,17,19H,2,10-11,13H2,1H3,(H,24,26). The lowest BCUT2D eigenvalue weighted by atomic mass is 9.88. The highest BCUT2D eigenvalue weighted by molar-refractivity contribution is 5.86. The minimum absolute atomic E-state index is 0.0371. The molecule has 0 aliphatic heterocycles. The van der Waals surface area contributed by atoms with Gasteiger partial charge in [0.05, 0.1) is 0 Å². The maximum Gasteiger partial charge on any atom is 0.221 e. The minimum Gasteiger partial charge on any atom is -0.353 e. The Labute approximate surface area is 152 Å². The Bertz CT molecular complexity index is 942. The second-order valence-electron chi connectivity index (χ2n) is 7.04. The van der Waals surface area contributed by atoms with E-state index in [0.29, 0.717) is 12.5 Å². The van der Waals surface area contributed by atoms with Crippen molar-refractivity contribution in [2.45, 2.75) is 44.7 Å². The topological polar surface area (TPSA) is 34.0 Å². The van der Waals surface area contributed by atoms with Gasteiger partial charge in [0.1, 0.15) is 5.82 Å². The number of nitrogens with zero attached hydrogens (tertiary/aromatic N) is 1. The third kappa shape index (κ3) is 3.36. The van der Waals surface area contributed by atoms with E-state index in [-0.39, 0.29) is 17.6 Å². The van der Waals surface area contributed by atoms with Gasteiger partial charge >= 0.3 is 0 Å². The Balaban J connectivity index is 1.78. The third-order valence-electron chi connectivity index (χ3n) is 5.12. The molecule has 3 nitrogen and oxygen atoms in total. The summed E-state index contributed by atoms with van der Waals surface area (Å²) >= 11 is 0. The highest BCUT2D eigenvalue weighted by atomic mass is 19.1. The van der Waals surface area contributed by atoms with Gasteiger partial charge in [0.15, 0.2) is 0 Å². The number of aromatic nitrogens is 1. The number of benzene rings is 2. The summed E-state index contributed by atoms with van der Waals surface area (Å²) in [6, 6.07) is 15.2. The number of aryl methyl sites for hydroxylation is 1. The molecule has 0 saturated heterocycles. The number of para-hydroxylation sites is 1. The maximum absolute atomic E-state index is 13.9. The molecule has 2 aromatic carbocycles. The van der Waals surface area contributed by atoms with Crippen molar-refractivity contribution in [1.29, 1.82) is 0 Å². The first kappa shape index (κ1) is 16.8. The van der Waals surface area contributed by atoms with E-state index in [1.165, 1.54) is 6.07 Å². The van der Waals surface area contributed by atoms with Crippen LogP contribution in [-0.4, -0.2) is 16.5 Å². The molecular formula is C22H23FN2O. The molecule has 1 unspecified atom stereocenters. The first-order valence-electron chi connectivity index (χ1n) is 9.28. The lowest BCUT2D eigenvalue weighted by Gasteiger charge is -2.17. The molecule has 0 bridgehead atoms. The molecule has 4 heteroatoms. The second-order valence-corrected chi connectivity index (χ2v) is 7.04. The minimum atomic E-state index is -0.269. The lowest BCUT2D eigenvalue weighted by Crippen LogP contribution is -2.27. The summed E-state index contributed by atoms with van der Waals surface area (Å²) < 4.78 is 16.1. The number of nitrogens with one attached hydrogen (secondary N) is 1. The van der Waals surface area contributed by atoms with Crippen LogP contribution in [0.3, 0.4) is 0 Å². The van der Waals surface area contributed by atoms with Gasteiger partial charge in [-0.15, -0.1) is 0 Å². The second kappa shape index (κ2) is 6.94. The molecule has 1 atom stereocenters. The van der Waals surface area contributed by atoms with Crippen LogP contribution in [0, 0.1) is 5.82 Å². The van der Waals surface area contributed by atoms with Gasteiger partial charge in [-0.1, -0.05) is 30.3 Å². The summed E-state index contributed by atoms with van der Waals surface area (Å²) in [5.74, 6) is -0.397. The molecule has 0 radical (unpaired) electrons. The Morgan fingerprint density at radius 1 is 1.23 bits per heavy atom. The van der Waals surface area contributed by atoms with Crippen molar-refractivity contribution in [2.24, 2.45) is 0 Å². The van der Waals surface area contributed by atoms with E-state index in [2.05, 4.69) is 35.1 Å². The number of rotatable bonds is 6. The highest BCUT2D eigenvalue weighted by Crippen LogP contribution is 2.35. The zero-order chi connectivity index (χ0) is 18.1. The number of halogens is 1. The first-order valence-corrected chi connectivity index (χ1v) is 9.28. The average molecular weight is 350 g/mol. The zero-order valence-electron chi connectivity index (χ0n) is 14.9. The predicted molar refractivity (Wildman–Crippen MR) is 102 cm³/mol. The van der Waals surface area contributed by atoms with E-state index < -0.39 is 0 Å². The van der Waals surface area contributed by atoms with Crippen LogP contribution in [0.4, 0.5) is 4.39 Å². The number of fused-ring (bicyclic) bond motifs is 1. The Morgan fingerprint density at radius 2 is 2.04 bits per heavy atom. The molecular weight excluding hydrogens is 327 g/mol. The van der Waals surface area contributed by atoms with Crippen LogP contribution in [0.5, 0.6) is 0 Å². The van der Waals surface area contributed by atoms with Crippen molar-refractivity contribution in [1.82, 2.24) is 9.88 Å². The molecule has 1 N–H and O–H groups in total. The molecule has 1 aliphatic rings. The van der Waals surface area contributed by atoms with Crippen LogP contribution >= 0.6 is 0 Å². The van der Waals surface area contributed by atoms with Crippen LogP contribution in [0.2, 0.25) is 0 Å². The van der Waals surface area contributed by atoms with Gasteiger partial charge < -0.3 is 9.88 Å². The summed E-state index contributed by atoms with van der Waals surface area (Å²) in [6.45, 7) is 2.96. The summed E-state index contributed by atoms with van der Waals surface area (Å²) in [7, 11) is 0. The van der Waals surface area contributed by atoms with Crippen LogP contribution in [0.15, 0.2) is 54.7 Å². The molecule has 1 heterocycles. The van der Waals surface area contributed by atoms with E-state index in [9.17, 15) is 9.18 Å². The molecule has 0 spiro atoms. The number of hydrogen-bond donors (Lipinski definition) is 1. The Morgan fingerprint density at radius 3 is 2.77 bits per heavy atom. The summed E-state index contributed by atoms with van der Waals surface area (Å²) in [4.78, 5) is 12.5. The monoisotopic (exact) mass is 350 g/mol. The van der Waals surface area contributed by atoms with Gasteiger partial charge in [-0.05, 0) is 49.1 Å². The molecule has 1 aromatic heterocycles. The molecule has 3 aromatic rings. The van der Waals surface area contributed by atoms with Crippen molar-refractivity contribution < 1.29 is 9.18 Å².